The summed E-state index contributed by atoms with van der Waals surface area (Å²) >= 11 is 3.43. The van der Waals surface area contributed by atoms with Gasteiger partial charge in [-0.05, 0) is 48.8 Å². The van der Waals surface area contributed by atoms with Crippen molar-refractivity contribution in [1.82, 2.24) is 15.0 Å². The van der Waals surface area contributed by atoms with Crippen LogP contribution in [0.15, 0.2) is 22.8 Å². The summed E-state index contributed by atoms with van der Waals surface area (Å²) < 4.78 is 0.871. The monoisotopic (exact) mass is 306 g/mol. The van der Waals surface area contributed by atoms with Gasteiger partial charge in [0, 0.05) is 29.7 Å². The highest BCUT2D eigenvalue weighted by atomic mass is 79.9. The van der Waals surface area contributed by atoms with E-state index in [9.17, 15) is 0 Å². The molecular weight excluding hydrogens is 292 g/mol. The van der Waals surface area contributed by atoms with Gasteiger partial charge in [0.2, 0.25) is 0 Å². The SMILES string of the molecule is CCNc1nc(-c2cc(C)nc(C)c2)ncc1Br. The van der Waals surface area contributed by atoms with E-state index in [1.54, 1.807) is 6.20 Å². The van der Waals surface area contributed by atoms with Crippen molar-refractivity contribution in [2.45, 2.75) is 20.8 Å². The lowest BCUT2D eigenvalue weighted by molar-refractivity contribution is 1.08. The Kier molecular flexibility index (Phi) is 3.91. The van der Waals surface area contributed by atoms with Crippen molar-refractivity contribution in [1.29, 1.82) is 0 Å². The number of rotatable bonds is 3. The van der Waals surface area contributed by atoms with E-state index in [0.717, 1.165) is 33.8 Å². The molecule has 0 bridgehead atoms. The van der Waals surface area contributed by atoms with Gasteiger partial charge in [0.05, 0.1) is 4.47 Å². The van der Waals surface area contributed by atoms with Gasteiger partial charge in [-0.1, -0.05) is 0 Å². The summed E-state index contributed by atoms with van der Waals surface area (Å²) in [5.41, 5.74) is 2.94. The first-order chi connectivity index (χ1) is 8.60. The molecule has 2 heterocycles. The van der Waals surface area contributed by atoms with Crippen molar-refractivity contribution in [2.24, 2.45) is 0 Å². The molecule has 18 heavy (non-hydrogen) atoms. The van der Waals surface area contributed by atoms with E-state index in [-0.39, 0.29) is 0 Å². The Balaban J connectivity index is 2.47. The topological polar surface area (TPSA) is 50.7 Å². The van der Waals surface area contributed by atoms with Crippen LogP contribution in [0.5, 0.6) is 0 Å². The first-order valence-electron chi connectivity index (χ1n) is 5.82. The number of anilines is 1. The summed E-state index contributed by atoms with van der Waals surface area (Å²) in [6.07, 6.45) is 1.77. The molecule has 0 aliphatic heterocycles. The van der Waals surface area contributed by atoms with Crippen LogP contribution in [-0.2, 0) is 0 Å². The van der Waals surface area contributed by atoms with E-state index in [1.807, 2.05) is 32.9 Å². The van der Waals surface area contributed by atoms with Gasteiger partial charge in [-0.15, -0.1) is 0 Å². The quantitative estimate of drug-likeness (QED) is 0.945. The minimum atomic E-state index is 0.711. The smallest absolute Gasteiger partial charge is 0.161 e. The van der Waals surface area contributed by atoms with E-state index in [1.165, 1.54) is 0 Å². The molecule has 0 aromatic carbocycles. The number of nitrogens with zero attached hydrogens (tertiary/aromatic N) is 3. The largest absolute Gasteiger partial charge is 0.369 e. The average molecular weight is 307 g/mol. The number of aryl methyl sites for hydroxylation is 2. The Bertz CT molecular complexity index is 549. The number of aromatic nitrogens is 3. The van der Waals surface area contributed by atoms with E-state index in [4.69, 9.17) is 0 Å². The third-order valence-corrected chi connectivity index (χ3v) is 3.01. The van der Waals surface area contributed by atoms with Crippen molar-refractivity contribution >= 4 is 21.7 Å². The molecule has 0 unspecified atom stereocenters. The van der Waals surface area contributed by atoms with Gasteiger partial charge in [0.1, 0.15) is 5.82 Å². The van der Waals surface area contributed by atoms with Gasteiger partial charge in [-0.2, -0.15) is 0 Å². The summed E-state index contributed by atoms with van der Waals surface area (Å²) in [7, 11) is 0. The van der Waals surface area contributed by atoms with Crippen molar-refractivity contribution < 1.29 is 0 Å². The van der Waals surface area contributed by atoms with Crippen molar-refractivity contribution in [3.8, 4) is 11.4 Å². The molecule has 0 amide bonds. The van der Waals surface area contributed by atoms with Crippen LogP contribution in [0.25, 0.3) is 11.4 Å². The Labute approximate surface area is 115 Å². The molecule has 2 rings (SSSR count). The predicted molar refractivity (Wildman–Crippen MR) is 76.6 cm³/mol. The summed E-state index contributed by atoms with van der Waals surface area (Å²) in [5.74, 6) is 1.53. The van der Waals surface area contributed by atoms with Crippen LogP contribution >= 0.6 is 15.9 Å². The Morgan fingerprint density at radius 3 is 2.44 bits per heavy atom. The molecule has 2 aromatic heterocycles. The third-order valence-electron chi connectivity index (χ3n) is 2.43. The normalized spacial score (nSPS) is 10.4. The maximum absolute atomic E-state index is 4.52. The minimum absolute atomic E-state index is 0.711. The molecule has 0 atom stereocenters. The van der Waals surface area contributed by atoms with Gasteiger partial charge < -0.3 is 5.32 Å². The molecule has 0 saturated heterocycles. The molecule has 1 N–H and O–H groups in total. The average Bonchev–Trinajstić information content (AvgIpc) is 2.31. The van der Waals surface area contributed by atoms with Gasteiger partial charge in [-0.3, -0.25) is 4.98 Å². The van der Waals surface area contributed by atoms with Crippen LogP contribution in [0.2, 0.25) is 0 Å². The molecule has 0 saturated carbocycles. The standard InChI is InChI=1S/C13H15BrN4/c1-4-15-13-11(14)7-16-12(18-13)10-5-8(2)17-9(3)6-10/h5-7H,4H2,1-3H3,(H,15,16,18). The number of nitrogens with one attached hydrogen (secondary N) is 1. The minimum Gasteiger partial charge on any atom is -0.369 e. The van der Waals surface area contributed by atoms with Gasteiger partial charge in [0.15, 0.2) is 5.82 Å². The van der Waals surface area contributed by atoms with E-state index >= 15 is 0 Å². The number of hydrogen-bond acceptors (Lipinski definition) is 4. The molecule has 0 aliphatic carbocycles. The first kappa shape index (κ1) is 13.0. The number of hydrogen-bond donors (Lipinski definition) is 1. The molecule has 0 radical (unpaired) electrons. The summed E-state index contributed by atoms with van der Waals surface area (Å²) in [5, 5.41) is 3.20. The zero-order valence-corrected chi connectivity index (χ0v) is 12.2. The molecule has 0 fully saturated rings. The van der Waals surface area contributed by atoms with E-state index < -0.39 is 0 Å². The van der Waals surface area contributed by atoms with Crippen LogP contribution in [0.4, 0.5) is 5.82 Å². The van der Waals surface area contributed by atoms with Crippen LogP contribution in [0.1, 0.15) is 18.3 Å². The zero-order chi connectivity index (χ0) is 13.1. The lowest BCUT2D eigenvalue weighted by atomic mass is 10.2. The highest BCUT2D eigenvalue weighted by Gasteiger charge is 2.07. The predicted octanol–water partition coefficient (Wildman–Crippen LogP) is 3.35. The Hall–Kier alpha value is -1.49. The molecule has 4 nitrogen and oxygen atoms in total. The molecule has 0 aliphatic rings. The van der Waals surface area contributed by atoms with Crippen molar-refractivity contribution in [3.63, 3.8) is 0 Å². The zero-order valence-electron chi connectivity index (χ0n) is 10.7. The van der Waals surface area contributed by atoms with Crippen molar-refractivity contribution in [3.05, 3.63) is 34.2 Å². The summed E-state index contributed by atoms with van der Waals surface area (Å²) in [6.45, 7) is 6.81. The summed E-state index contributed by atoms with van der Waals surface area (Å²) in [6, 6.07) is 3.98. The van der Waals surface area contributed by atoms with E-state index in [0.29, 0.717) is 5.82 Å². The lowest BCUT2D eigenvalue weighted by Gasteiger charge is -2.08. The van der Waals surface area contributed by atoms with Gasteiger partial charge >= 0.3 is 0 Å². The molecule has 0 spiro atoms. The van der Waals surface area contributed by atoms with Crippen LogP contribution in [0.3, 0.4) is 0 Å². The maximum atomic E-state index is 4.52. The van der Waals surface area contributed by atoms with Crippen LogP contribution in [0, 0.1) is 13.8 Å². The fourth-order valence-electron chi connectivity index (χ4n) is 1.76. The molecule has 5 heteroatoms. The van der Waals surface area contributed by atoms with E-state index in [2.05, 4.69) is 36.2 Å². The first-order valence-corrected chi connectivity index (χ1v) is 6.61. The third kappa shape index (κ3) is 2.85. The fourth-order valence-corrected chi connectivity index (χ4v) is 2.09. The molecular formula is C13H15BrN4. The lowest BCUT2D eigenvalue weighted by Crippen LogP contribution is -2.02. The fraction of sp³-hybridized carbons (Fsp3) is 0.308. The van der Waals surface area contributed by atoms with Crippen molar-refractivity contribution in [2.75, 3.05) is 11.9 Å². The Morgan fingerprint density at radius 1 is 1.17 bits per heavy atom. The second kappa shape index (κ2) is 5.44. The highest BCUT2D eigenvalue weighted by molar-refractivity contribution is 9.10. The number of pyridine rings is 1. The number of halogens is 1. The van der Waals surface area contributed by atoms with Crippen LogP contribution < -0.4 is 5.32 Å². The maximum Gasteiger partial charge on any atom is 0.161 e. The summed E-state index contributed by atoms with van der Waals surface area (Å²) in [4.78, 5) is 13.2. The molecule has 2 aromatic rings. The highest BCUT2D eigenvalue weighted by Crippen LogP contribution is 2.23. The Morgan fingerprint density at radius 2 is 1.83 bits per heavy atom. The van der Waals surface area contributed by atoms with Gasteiger partial charge in [0.25, 0.3) is 0 Å². The molecule has 94 valence electrons. The van der Waals surface area contributed by atoms with Gasteiger partial charge in [-0.25, -0.2) is 9.97 Å². The second-order valence-electron chi connectivity index (χ2n) is 4.06. The van der Waals surface area contributed by atoms with Crippen LogP contribution in [-0.4, -0.2) is 21.5 Å². The second-order valence-corrected chi connectivity index (χ2v) is 4.91.